The number of nitrogens with zero attached hydrogens (tertiary/aromatic N) is 1. The first-order valence-electron chi connectivity index (χ1n) is 6.22. The molecule has 0 radical (unpaired) electrons. The summed E-state index contributed by atoms with van der Waals surface area (Å²) < 4.78 is 9.45. The number of aromatic nitrogens is 2. The number of rotatable bonds is 2. The van der Waals surface area contributed by atoms with Gasteiger partial charge in [-0.15, -0.1) is 0 Å². The lowest BCUT2D eigenvalue weighted by Crippen LogP contribution is -2.11. The van der Waals surface area contributed by atoms with Crippen LogP contribution in [0.1, 0.15) is 20.7 Å². The molecule has 0 aliphatic rings. The van der Waals surface area contributed by atoms with Gasteiger partial charge in [0.15, 0.2) is 0 Å². The molecule has 2 heterocycles. The van der Waals surface area contributed by atoms with Gasteiger partial charge in [0, 0.05) is 22.5 Å². The molecule has 21 heavy (non-hydrogen) atoms. The largest absolute Gasteiger partial charge is 0.465 e. The Kier molecular flexibility index (Phi) is 3.06. The number of ether oxygens (including phenoxy) is 2. The van der Waals surface area contributed by atoms with Gasteiger partial charge >= 0.3 is 11.9 Å². The summed E-state index contributed by atoms with van der Waals surface area (Å²) >= 11 is 0. The van der Waals surface area contributed by atoms with E-state index in [4.69, 9.17) is 9.47 Å². The van der Waals surface area contributed by atoms with Crippen molar-refractivity contribution in [3.8, 4) is 0 Å². The molecule has 3 rings (SSSR count). The van der Waals surface area contributed by atoms with Gasteiger partial charge in [-0.2, -0.15) is 0 Å². The molecule has 2 aromatic heterocycles. The van der Waals surface area contributed by atoms with Crippen molar-refractivity contribution in [3.05, 3.63) is 41.6 Å². The molecule has 0 spiro atoms. The molecule has 0 fully saturated rings. The molecule has 6 heteroatoms. The third-order valence-corrected chi connectivity index (χ3v) is 3.32. The summed E-state index contributed by atoms with van der Waals surface area (Å²) in [5, 5.41) is 1.67. The zero-order valence-corrected chi connectivity index (χ0v) is 11.5. The quantitative estimate of drug-likeness (QED) is 0.730. The van der Waals surface area contributed by atoms with Gasteiger partial charge in [0.05, 0.1) is 25.3 Å². The minimum absolute atomic E-state index is 0.156. The Hall–Kier alpha value is -2.89. The number of carbonyl (C=O) groups is 2. The van der Waals surface area contributed by atoms with E-state index in [2.05, 4.69) is 9.97 Å². The van der Waals surface area contributed by atoms with Crippen LogP contribution in [0.3, 0.4) is 0 Å². The fourth-order valence-corrected chi connectivity index (χ4v) is 2.33. The molecule has 6 nitrogen and oxygen atoms in total. The fourth-order valence-electron chi connectivity index (χ4n) is 2.33. The van der Waals surface area contributed by atoms with Crippen LogP contribution in [0.25, 0.3) is 21.9 Å². The molecule has 0 saturated heterocycles. The number of nitrogens with one attached hydrogen (secondary N) is 1. The number of hydrogen-bond acceptors (Lipinski definition) is 5. The predicted molar refractivity (Wildman–Crippen MR) is 76.3 cm³/mol. The highest BCUT2D eigenvalue weighted by Gasteiger charge is 2.21. The number of fused-ring (bicyclic) bond motifs is 3. The Bertz CT molecular complexity index is 867. The topological polar surface area (TPSA) is 81.3 Å². The van der Waals surface area contributed by atoms with Gasteiger partial charge in [-0.1, -0.05) is 0 Å². The average Bonchev–Trinajstić information content (AvgIpc) is 2.89. The number of carbonyl (C=O) groups excluding carboxylic acids is 2. The van der Waals surface area contributed by atoms with Crippen LogP contribution in [0.4, 0.5) is 0 Å². The summed E-state index contributed by atoms with van der Waals surface area (Å²) in [5.41, 5.74) is 1.71. The Morgan fingerprint density at radius 2 is 1.71 bits per heavy atom. The molecule has 0 bridgehead atoms. The molecule has 0 saturated carbocycles. The number of pyridine rings is 1. The maximum Gasteiger partial charge on any atom is 0.338 e. The lowest BCUT2D eigenvalue weighted by Gasteiger charge is -2.06. The van der Waals surface area contributed by atoms with E-state index in [-0.39, 0.29) is 11.1 Å². The molecule has 0 atom stereocenters. The third kappa shape index (κ3) is 2.01. The second kappa shape index (κ2) is 4.90. The number of aromatic amines is 1. The Balaban J connectivity index is 2.37. The first-order valence-corrected chi connectivity index (χ1v) is 6.22. The summed E-state index contributed by atoms with van der Waals surface area (Å²) in [6.07, 6.45) is 1.67. The van der Waals surface area contributed by atoms with E-state index < -0.39 is 11.9 Å². The molecule has 0 amide bonds. The van der Waals surface area contributed by atoms with Crippen LogP contribution in [-0.2, 0) is 9.47 Å². The van der Waals surface area contributed by atoms with Crippen LogP contribution in [0, 0.1) is 0 Å². The SMILES string of the molecule is COC(=O)c1cc2[nH]c3ncccc3c2cc1C(=O)OC. The van der Waals surface area contributed by atoms with Crippen LogP contribution >= 0.6 is 0 Å². The van der Waals surface area contributed by atoms with E-state index in [0.717, 1.165) is 10.8 Å². The number of hydrogen-bond donors (Lipinski definition) is 1. The minimum atomic E-state index is -0.594. The van der Waals surface area contributed by atoms with Crippen molar-refractivity contribution >= 4 is 33.9 Å². The molecular weight excluding hydrogens is 272 g/mol. The van der Waals surface area contributed by atoms with Crippen LogP contribution in [0.2, 0.25) is 0 Å². The van der Waals surface area contributed by atoms with E-state index in [1.165, 1.54) is 14.2 Å². The van der Waals surface area contributed by atoms with Crippen molar-refractivity contribution in [3.63, 3.8) is 0 Å². The summed E-state index contributed by atoms with van der Waals surface area (Å²) in [5.74, 6) is -1.18. The van der Waals surface area contributed by atoms with Gasteiger partial charge in [0.2, 0.25) is 0 Å². The summed E-state index contributed by atoms with van der Waals surface area (Å²) in [4.78, 5) is 31.1. The van der Waals surface area contributed by atoms with E-state index in [1.54, 1.807) is 18.3 Å². The van der Waals surface area contributed by atoms with Gasteiger partial charge in [-0.3, -0.25) is 0 Å². The van der Waals surface area contributed by atoms with Crippen LogP contribution in [0.5, 0.6) is 0 Å². The van der Waals surface area contributed by atoms with Gasteiger partial charge in [-0.25, -0.2) is 14.6 Å². The molecular formula is C15H12N2O4. The van der Waals surface area contributed by atoms with E-state index >= 15 is 0 Å². The van der Waals surface area contributed by atoms with E-state index in [1.807, 2.05) is 12.1 Å². The zero-order valence-electron chi connectivity index (χ0n) is 11.5. The predicted octanol–water partition coefficient (Wildman–Crippen LogP) is 2.29. The Labute approximate surface area is 119 Å². The summed E-state index contributed by atoms with van der Waals surface area (Å²) in [7, 11) is 2.53. The first kappa shape index (κ1) is 13.1. The highest BCUT2D eigenvalue weighted by atomic mass is 16.5. The highest BCUT2D eigenvalue weighted by Crippen LogP contribution is 2.27. The normalized spacial score (nSPS) is 10.8. The Morgan fingerprint density at radius 1 is 1.05 bits per heavy atom. The van der Waals surface area contributed by atoms with Gasteiger partial charge < -0.3 is 14.5 Å². The number of methoxy groups -OCH3 is 2. The number of H-pyrrole nitrogens is 1. The number of benzene rings is 1. The van der Waals surface area contributed by atoms with Crippen molar-refractivity contribution in [2.75, 3.05) is 14.2 Å². The monoisotopic (exact) mass is 284 g/mol. The van der Waals surface area contributed by atoms with Crippen LogP contribution in [0.15, 0.2) is 30.5 Å². The molecule has 3 aromatic rings. The highest BCUT2D eigenvalue weighted by molar-refractivity contribution is 6.13. The average molecular weight is 284 g/mol. The van der Waals surface area contributed by atoms with E-state index in [0.29, 0.717) is 11.2 Å². The van der Waals surface area contributed by atoms with Crippen molar-refractivity contribution < 1.29 is 19.1 Å². The van der Waals surface area contributed by atoms with Gasteiger partial charge in [0.1, 0.15) is 5.65 Å². The maximum absolute atomic E-state index is 11.9. The van der Waals surface area contributed by atoms with Crippen molar-refractivity contribution in [2.45, 2.75) is 0 Å². The lowest BCUT2D eigenvalue weighted by atomic mass is 10.0. The standard InChI is InChI=1S/C15H12N2O4/c1-20-14(18)10-6-9-8-4-3-5-16-13(8)17-12(9)7-11(10)15(19)21-2/h3-7H,1-2H3,(H,16,17). The Morgan fingerprint density at radius 3 is 2.38 bits per heavy atom. The van der Waals surface area contributed by atoms with Crippen molar-refractivity contribution in [1.82, 2.24) is 9.97 Å². The number of esters is 2. The zero-order chi connectivity index (χ0) is 15.0. The molecule has 1 aromatic carbocycles. The fraction of sp³-hybridized carbons (Fsp3) is 0.133. The lowest BCUT2D eigenvalue weighted by molar-refractivity contribution is 0.0555. The minimum Gasteiger partial charge on any atom is -0.465 e. The molecule has 0 aliphatic carbocycles. The molecule has 106 valence electrons. The van der Waals surface area contributed by atoms with Crippen molar-refractivity contribution in [2.24, 2.45) is 0 Å². The summed E-state index contributed by atoms with van der Waals surface area (Å²) in [6.45, 7) is 0. The van der Waals surface area contributed by atoms with Crippen LogP contribution < -0.4 is 0 Å². The van der Waals surface area contributed by atoms with E-state index in [9.17, 15) is 9.59 Å². The van der Waals surface area contributed by atoms with Gasteiger partial charge in [-0.05, 0) is 24.3 Å². The molecule has 0 aliphatic heterocycles. The van der Waals surface area contributed by atoms with Crippen LogP contribution in [-0.4, -0.2) is 36.1 Å². The maximum atomic E-state index is 11.9. The molecule has 0 unspecified atom stereocenters. The summed E-state index contributed by atoms with van der Waals surface area (Å²) in [6, 6.07) is 6.89. The van der Waals surface area contributed by atoms with Gasteiger partial charge in [0.25, 0.3) is 0 Å². The van der Waals surface area contributed by atoms with Crippen molar-refractivity contribution in [1.29, 1.82) is 0 Å². The molecule has 1 N–H and O–H groups in total. The second-order valence-electron chi connectivity index (χ2n) is 4.45. The smallest absolute Gasteiger partial charge is 0.338 e. The second-order valence-corrected chi connectivity index (χ2v) is 4.45. The third-order valence-electron chi connectivity index (χ3n) is 3.32. The first-order chi connectivity index (χ1) is 10.2.